The maximum atomic E-state index is 13.6. The number of carbonyl (C=O) groups excluding carboxylic acids is 1. The third-order valence-corrected chi connectivity index (χ3v) is 8.85. The molecule has 1 aliphatic carbocycles. The van der Waals surface area contributed by atoms with E-state index < -0.39 is 5.60 Å². The third-order valence-electron chi connectivity index (χ3n) is 8.61. The van der Waals surface area contributed by atoms with Crippen LogP contribution < -0.4 is 10.6 Å². The molecule has 3 N–H and O–H groups in total. The van der Waals surface area contributed by atoms with E-state index in [1.165, 1.54) is 32.1 Å². The maximum absolute atomic E-state index is 13.6. The van der Waals surface area contributed by atoms with Crippen LogP contribution in [-0.4, -0.2) is 75.7 Å². The van der Waals surface area contributed by atoms with Crippen LogP contribution in [0.5, 0.6) is 0 Å². The minimum atomic E-state index is -0.584. The molecule has 0 bridgehead atoms. The van der Waals surface area contributed by atoms with Crippen LogP contribution in [0.4, 0.5) is 4.79 Å². The van der Waals surface area contributed by atoms with Crippen LogP contribution in [0.2, 0.25) is 5.02 Å². The summed E-state index contributed by atoms with van der Waals surface area (Å²) in [6.07, 6.45) is 12.7. The molecule has 2 amide bonds. The Bertz CT molecular complexity index is 838. The zero-order valence-electron chi connectivity index (χ0n) is 24.3. The van der Waals surface area contributed by atoms with Crippen LogP contribution >= 0.6 is 11.6 Å². The number of aliphatic hydroxyl groups is 1. The molecule has 2 unspecified atom stereocenters. The van der Waals surface area contributed by atoms with Gasteiger partial charge in [-0.3, -0.25) is 0 Å². The van der Waals surface area contributed by atoms with E-state index in [2.05, 4.69) is 16.7 Å². The second-order valence-corrected chi connectivity index (χ2v) is 11.9. The molecule has 0 aromatic heterocycles. The number of ether oxygens (including phenoxy) is 2. The second kappa shape index (κ2) is 17.4. The van der Waals surface area contributed by atoms with Crippen LogP contribution in [0.25, 0.3) is 0 Å². The minimum absolute atomic E-state index is 0.0329. The Balaban J connectivity index is 1.78. The SMILES string of the molecule is CNCC(CC1CCCCC1)NC(=O)N1CCC[C@@H](C(CCCCOC)(OCCCO)c2cccc(Cl)c2)C1. The first kappa shape index (κ1) is 32.1. The van der Waals surface area contributed by atoms with E-state index >= 15 is 0 Å². The van der Waals surface area contributed by atoms with E-state index in [0.717, 1.165) is 57.2 Å². The van der Waals surface area contributed by atoms with Crippen LogP contribution in [0.1, 0.15) is 82.6 Å². The summed E-state index contributed by atoms with van der Waals surface area (Å²) in [5, 5.41) is 16.9. The predicted octanol–water partition coefficient (Wildman–Crippen LogP) is 5.73. The molecule has 2 fully saturated rings. The summed E-state index contributed by atoms with van der Waals surface area (Å²) in [5.74, 6) is 0.826. The summed E-state index contributed by atoms with van der Waals surface area (Å²) >= 11 is 6.48. The van der Waals surface area contributed by atoms with Crippen molar-refractivity contribution in [1.82, 2.24) is 15.5 Å². The van der Waals surface area contributed by atoms with Gasteiger partial charge < -0.3 is 30.1 Å². The van der Waals surface area contributed by atoms with Crippen molar-refractivity contribution in [2.75, 3.05) is 53.6 Å². The molecular formula is C31H52ClN3O4. The number of piperidine rings is 1. The summed E-state index contributed by atoms with van der Waals surface area (Å²) < 4.78 is 12.1. The monoisotopic (exact) mass is 565 g/mol. The zero-order chi connectivity index (χ0) is 27.9. The number of likely N-dealkylation sites (N-methyl/N-ethyl adjacent to an activating group) is 1. The fourth-order valence-electron chi connectivity index (χ4n) is 6.64. The van der Waals surface area contributed by atoms with Crippen molar-refractivity contribution in [2.24, 2.45) is 11.8 Å². The number of nitrogens with one attached hydrogen (secondary N) is 2. The first-order valence-electron chi connectivity index (χ1n) is 15.2. The summed E-state index contributed by atoms with van der Waals surface area (Å²) in [6, 6.07) is 8.17. The Morgan fingerprint density at radius 2 is 1.97 bits per heavy atom. The highest BCUT2D eigenvalue weighted by Gasteiger charge is 2.44. The van der Waals surface area contributed by atoms with Gasteiger partial charge in [0.25, 0.3) is 0 Å². The van der Waals surface area contributed by atoms with E-state index in [0.29, 0.717) is 37.1 Å². The molecular weight excluding hydrogens is 514 g/mol. The van der Waals surface area contributed by atoms with Crippen molar-refractivity contribution >= 4 is 17.6 Å². The van der Waals surface area contributed by atoms with E-state index in [4.69, 9.17) is 21.1 Å². The first-order chi connectivity index (χ1) is 19.0. The lowest BCUT2D eigenvalue weighted by atomic mass is 9.73. The first-order valence-corrected chi connectivity index (χ1v) is 15.6. The molecule has 222 valence electrons. The van der Waals surface area contributed by atoms with E-state index in [1.54, 1.807) is 7.11 Å². The van der Waals surface area contributed by atoms with Gasteiger partial charge in [-0.2, -0.15) is 0 Å². The van der Waals surface area contributed by atoms with Gasteiger partial charge in [0.15, 0.2) is 0 Å². The average molecular weight is 566 g/mol. The Labute approximate surface area is 241 Å². The molecule has 39 heavy (non-hydrogen) atoms. The highest BCUT2D eigenvalue weighted by molar-refractivity contribution is 6.30. The van der Waals surface area contributed by atoms with E-state index in [9.17, 15) is 9.90 Å². The predicted molar refractivity (Wildman–Crippen MR) is 158 cm³/mol. The Morgan fingerprint density at radius 1 is 1.15 bits per heavy atom. The zero-order valence-corrected chi connectivity index (χ0v) is 25.0. The van der Waals surface area contributed by atoms with Gasteiger partial charge in [0.1, 0.15) is 0 Å². The number of benzene rings is 1. The number of halogens is 1. The number of likely N-dealkylation sites (tertiary alicyclic amines) is 1. The number of unbranched alkanes of at least 4 members (excludes halogenated alkanes) is 1. The van der Waals surface area contributed by atoms with Crippen molar-refractivity contribution in [1.29, 1.82) is 0 Å². The molecule has 1 saturated heterocycles. The van der Waals surface area contributed by atoms with E-state index in [-0.39, 0.29) is 24.6 Å². The number of hydrogen-bond acceptors (Lipinski definition) is 5. The summed E-state index contributed by atoms with van der Waals surface area (Å²) in [6.45, 7) is 3.43. The highest BCUT2D eigenvalue weighted by atomic mass is 35.5. The lowest BCUT2D eigenvalue weighted by molar-refractivity contribution is -0.117. The second-order valence-electron chi connectivity index (χ2n) is 11.5. The number of amides is 2. The van der Waals surface area contributed by atoms with Crippen LogP contribution in [-0.2, 0) is 15.1 Å². The van der Waals surface area contributed by atoms with Crippen molar-refractivity contribution in [3.8, 4) is 0 Å². The Kier molecular flexibility index (Phi) is 14.4. The standard InChI is InChI=1S/C31H52ClN3O4/c1-33-23-29(21-25-11-4-3-5-12-25)34-30(37)35-17-9-14-27(24-35)31(39-20-10-18-36,16-6-7-19-38-2)26-13-8-15-28(32)22-26/h8,13,15,22,25,27,29,33,36H,3-7,9-12,14,16-21,23-24H2,1-2H3,(H,34,37)/t27-,29?,31?/m1/s1. The average Bonchev–Trinajstić information content (AvgIpc) is 2.95. The molecule has 3 rings (SSSR count). The third kappa shape index (κ3) is 9.89. The number of hydrogen-bond donors (Lipinski definition) is 3. The van der Waals surface area contributed by atoms with E-state index in [1.807, 2.05) is 30.1 Å². The number of carbonyl (C=O) groups is 1. The quantitative estimate of drug-likeness (QED) is 0.223. The Morgan fingerprint density at radius 3 is 2.69 bits per heavy atom. The number of nitrogens with zero attached hydrogens (tertiary/aromatic N) is 1. The molecule has 2 aliphatic rings. The molecule has 1 aliphatic heterocycles. The molecule has 0 spiro atoms. The van der Waals surface area contributed by atoms with Gasteiger partial charge in [0, 0.05) is 63.5 Å². The van der Waals surface area contributed by atoms with Crippen LogP contribution in [0.15, 0.2) is 24.3 Å². The summed E-state index contributed by atoms with van der Waals surface area (Å²) in [4.78, 5) is 15.6. The molecule has 1 aromatic rings. The van der Waals surface area contributed by atoms with Crippen LogP contribution in [0.3, 0.4) is 0 Å². The van der Waals surface area contributed by atoms with Crippen molar-refractivity contribution in [3.63, 3.8) is 0 Å². The lowest BCUT2D eigenvalue weighted by Crippen LogP contribution is -2.54. The number of methoxy groups -OCH3 is 1. The van der Waals surface area contributed by atoms with Gasteiger partial charge >= 0.3 is 6.03 Å². The lowest BCUT2D eigenvalue weighted by Gasteiger charge is -2.46. The van der Waals surface area contributed by atoms with Crippen molar-refractivity contribution < 1.29 is 19.4 Å². The largest absolute Gasteiger partial charge is 0.396 e. The molecule has 1 heterocycles. The number of urea groups is 1. The van der Waals surface area contributed by atoms with Gasteiger partial charge in [-0.15, -0.1) is 0 Å². The summed E-state index contributed by atoms with van der Waals surface area (Å²) in [7, 11) is 3.69. The van der Waals surface area contributed by atoms with Crippen molar-refractivity contribution in [3.05, 3.63) is 34.9 Å². The Hall–Kier alpha value is -1.38. The van der Waals surface area contributed by atoms with Gasteiger partial charge in [-0.05, 0) is 75.6 Å². The minimum Gasteiger partial charge on any atom is -0.396 e. The highest BCUT2D eigenvalue weighted by Crippen LogP contribution is 2.44. The smallest absolute Gasteiger partial charge is 0.317 e. The van der Waals surface area contributed by atoms with Gasteiger partial charge in [-0.1, -0.05) is 55.8 Å². The number of rotatable bonds is 16. The molecule has 3 atom stereocenters. The maximum Gasteiger partial charge on any atom is 0.317 e. The topological polar surface area (TPSA) is 83.1 Å². The van der Waals surface area contributed by atoms with Gasteiger partial charge in [-0.25, -0.2) is 4.79 Å². The molecule has 1 aromatic carbocycles. The fraction of sp³-hybridized carbons (Fsp3) is 0.774. The van der Waals surface area contributed by atoms with Gasteiger partial charge in [0.05, 0.1) is 5.60 Å². The molecule has 1 saturated carbocycles. The van der Waals surface area contributed by atoms with Crippen molar-refractivity contribution in [2.45, 2.75) is 88.7 Å². The fourth-order valence-corrected chi connectivity index (χ4v) is 6.83. The molecule has 8 heteroatoms. The van der Waals surface area contributed by atoms with Crippen LogP contribution in [0, 0.1) is 11.8 Å². The number of aliphatic hydroxyl groups excluding tert-OH is 1. The molecule has 0 radical (unpaired) electrons. The molecule has 7 nitrogen and oxygen atoms in total. The summed E-state index contributed by atoms with van der Waals surface area (Å²) in [5.41, 5.74) is 0.474. The normalized spacial score (nSPS) is 20.9. The van der Waals surface area contributed by atoms with Gasteiger partial charge in [0.2, 0.25) is 0 Å².